The number of ether oxygens (including phenoxy) is 1. The number of hydrogen-bond donors (Lipinski definition) is 3. The van der Waals surface area contributed by atoms with Crippen LogP contribution in [0.25, 0.3) is 10.2 Å². The number of aryl methyl sites for hydroxylation is 1. The van der Waals surface area contributed by atoms with E-state index in [1.807, 2.05) is 39.0 Å². The molecule has 1 aliphatic carbocycles. The molecule has 0 saturated heterocycles. The van der Waals surface area contributed by atoms with Crippen LogP contribution in [0.3, 0.4) is 0 Å². The third kappa shape index (κ3) is 4.83. The lowest BCUT2D eigenvalue weighted by Gasteiger charge is -2.32. The number of aromatic nitrogens is 1. The number of amides is 4. The Morgan fingerprint density at radius 2 is 1.92 bits per heavy atom. The first-order valence-electron chi connectivity index (χ1n) is 12.8. The highest BCUT2D eigenvalue weighted by atomic mass is 32.1. The van der Waals surface area contributed by atoms with Gasteiger partial charge in [-0.05, 0) is 69.5 Å². The Balaban J connectivity index is 1.47. The molecule has 5 rings (SSSR count). The number of carbonyl (C=O) groups excluding carboxylic acids is 3. The van der Waals surface area contributed by atoms with Gasteiger partial charge in [0.25, 0.3) is 5.91 Å². The summed E-state index contributed by atoms with van der Waals surface area (Å²) in [7, 11) is 0. The summed E-state index contributed by atoms with van der Waals surface area (Å²) >= 11 is 1.24. The number of urea groups is 1. The minimum Gasteiger partial charge on any atom is -0.491 e. The van der Waals surface area contributed by atoms with Crippen molar-refractivity contribution in [1.82, 2.24) is 15.6 Å². The van der Waals surface area contributed by atoms with Crippen molar-refractivity contribution in [2.24, 2.45) is 0 Å². The van der Waals surface area contributed by atoms with Gasteiger partial charge in [-0.1, -0.05) is 19.4 Å². The van der Waals surface area contributed by atoms with E-state index in [9.17, 15) is 14.4 Å². The molecule has 0 spiro atoms. The number of benzene rings is 1. The summed E-state index contributed by atoms with van der Waals surface area (Å²) in [6.07, 6.45) is 6.41. The molecule has 0 bridgehead atoms. The quantitative estimate of drug-likeness (QED) is 0.351. The summed E-state index contributed by atoms with van der Waals surface area (Å²) < 4.78 is 5.81. The van der Waals surface area contributed by atoms with E-state index >= 15 is 0 Å². The molecule has 38 heavy (non-hydrogen) atoms. The molecule has 4 amide bonds. The van der Waals surface area contributed by atoms with Gasteiger partial charge >= 0.3 is 6.03 Å². The van der Waals surface area contributed by atoms with Crippen LogP contribution in [0.4, 0.5) is 21.9 Å². The molecule has 9 nitrogen and oxygen atoms in total. The van der Waals surface area contributed by atoms with Crippen molar-refractivity contribution in [3.05, 3.63) is 53.6 Å². The zero-order valence-electron chi connectivity index (χ0n) is 21.7. The molecular weight excluding hydrogens is 502 g/mol. The van der Waals surface area contributed by atoms with Gasteiger partial charge in [0.05, 0.1) is 28.6 Å². The molecule has 2 atom stereocenters. The maximum absolute atomic E-state index is 13.5. The van der Waals surface area contributed by atoms with Gasteiger partial charge < -0.3 is 20.7 Å². The molecule has 10 heteroatoms. The second-order valence-corrected chi connectivity index (χ2v) is 10.9. The summed E-state index contributed by atoms with van der Waals surface area (Å²) in [4.78, 5) is 46.0. The Labute approximate surface area is 225 Å². The maximum atomic E-state index is 13.5. The van der Waals surface area contributed by atoms with Crippen molar-refractivity contribution < 1.29 is 19.1 Å². The lowest BCUT2D eigenvalue weighted by molar-refractivity contribution is -0.117. The van der Waals surface area contributed by atoms with Crippen molar-refractivity contribution in [1.29, 1.82) is 0 Å². The van der Waals surface area contributed by atoms with Crippen LogP contribution in [0, 0.1) is 6.92 Å². The van der Waals surface area contributed by atoms with Crippen LogP contribution in [0.2, 0.25) is 0 Å². The predicted octanol–water partition coefficient (Wildman–Crippen LogP) is 5.42. The Kier molecular flexibility index (Phi) is 7.07. The third-order valence-corrected chi connectivity index (χ3v) is 7.93. The van der Waals surface area contributed by atoms with Crippen LogP contribution in [0.1, 0.15) is 54.8 Å². The summed E-state index contributed by atoms with van der Waals surface area (Å²) in [5, 5.41) is 9.71. The van der Waals surface area contributed by atoms with Gasteiger partial charge in [-0.2, -0.15) is 0 Å². The van der Waals surface area contributed by atoms with Crippen molar-refractivity contribution in [3.63, 3.8) is 0 Å². The van der Waals surface area contributed by atoms with Gasteiger partial charge in [-0.3, -0.25) is 14.5 Å². The Morgan fingerprint density at radius 3 is 2.61 bits per heavy atom. The second-order valence-electron chi connectivity index (χ2n) is 9.88. The Hall–Kier alpha value is -3.92. The standard InChI is InChI=1S/C28H31N5O4S/c1-5-22(34)30-18-8-6-7-9-19(18)31-26(35)25-24-23-21(12-13-29-27(23)38-25)33(28(36)32-24)20-11-10-17(14-16(20)4)37-15(2)3/h5,10-15,18-19H,1,6-9H2,2-4H3,(H,30,34)(H,31,35)(H,32,36)/t18-,19-/m1/s1. The van der Waals surface area contributed by atoms with Gasteiger partial charge in [0.1, 0.15) is 15.5 Å². The molecule has 2 aromatic heterocycles. The topological polar surface area (TPSA) is 113 Å². The number of nitrogens with one attached hydrogen (secondary N) is 3. The van der Waals surface area contributed by atoms with Crippen LogP contribution < -0.4 is 25.6 Å². The Bertz CT molecular complexity index is 1430. The molecule has 3 heterocycles. The number of hydrogen-bond acceptors (Lipinski definition) is 6. The molecule has 1 fully saturated rings. The molecule has 1 aliphatic heterocycles. The SMILES string of the molecule is C=CC(=O)N[C@@H]1CCCC[C@H]1NC(=O)c1sc2nccc3c2c1NC(=O)N3c1ccc(OC(C)C)cc1C. The van der Waals surface area contributed by atoms with Gasteiger partial charge in [-0.15, -0.1) is 11.3 Å². The fourth-order valence-corrected chi connectivity index (χ4v) is 6.18. The number of carbonyl (C=O) groups is 3. The van der Waals surface area contributed by atoms with Gasteiger partial charge in [0.2, 0.25) is 5.91 Å². The molecule has 3 N–H and O–H groups in total. The highest BCUT2D eigenvalue weighted by Gasteiger charge is 2.35. The van der Waals surface area contributed by atoms with Gasteiger partial charge in [0.15, 0.2) is 0 Å². The zero-order valence-corrected chi connectivity index (χ0v) is 22.5. The van der Waals surface area contributed by atoms with E-state index in [0.29, 0.717) is 21.1 Å². The fourth-order valence-electron chi connectivity index (χ4n) is 5.16. The molecule has 1 saturated carbocycles. The largest absolute Gasteiger partial charge is 0.491 e. The summed E-state index contributed by atoms with van der Waals surface area (Å²) in [5.41, 5.74) is 2.73. The minimum absolute atomic E-state index is 0.0402. The molecule has 0 radical (unpaired) electrons. The van der Waals surface area contributed by atoms with Crippen LogP contribution in [0.15, 0.2) is 43.1 Å². The van der Waals surface area contributed by atoms with E-state index in [1.54, 1.807) is 17.2 Å². The van der Waals surface area contributed by atoms with E-state index in [0.717, 1.165) is 48.1 Å². The van der Waals surface area contributed by atoms with E-state index < -0.39 is 0 Å². The lowest BCUT2D eigenvalue weighted by atomic mass is 9.90. The average molecular weight is 534 g/mol. The predicted molar refractivity (Wildman–Crippen MR) is 150 cm³/mol. The molecule has 1 aromatic carbocycles. The highest BCUT2D eigenvalue weighted by Crippen LogP contribution is 2.46. The monoisotopic (exact) mass is 533 g/mol. The smallest absolute Gasteiger partial charge is 0.331 e. The zero-order chi connectivity index (χ0) is 27.0. The molecule has 0 unspecified atom stereocenters. The molecule has 3 aromatic rings. The van der Waals surface area contributed by atoms with Gasteiger partial charge in [-0.25, -0.2) is 9.78 Å². The summed E-state index contributed by atoms with van der Waals surface area (Å²) in [6, 6.07) is 6.68. The first-order valence-corrected chi connectivity index (χ1v) is 13.6. The fraction of sp³-hybridized carbons (Fsp3) is 0.357. The highest BCUT2D eigenvalue weighted by molar-refractivity contribution is 7.21. The number of anilines is 3. The second kappa shape index (κ2) is 10.4. The van der Waals surface area contributed by atoms with Crippen molar-refractivity contribution in [2.75, 3.05) is 10.2 Å². The van der Waals surface area contributed by atoms with Crippen LogP contribution in [-0.4, -0.2) is 41.0 Å². The Morgan fingerprint density at radius 1 is 1.18 bits per heavy atom. The molecule has 2 aliphatic rings. The van der Waals surface area contributed by atoms with Crippen molar-refractivity contribution in [3.8, 4) is 5.75 Å². The van der Waals surface area contributed by atoms with E-state index in [-0.39, 0.29) is 36.0 Å². The summed E-state index contributed by atoms with van der Waals surface area (Å²) in [6.45, 7) is 9.38. The maximum Gasteiger partial charge on any atom is 0.331 e. The van der Waals surface area contributed by atoms with Crippen molar-refractivity contribution >= 4 is 56.5 Å². The van der Waals surface area contributed by atoms with E-state index in [4.69, 9.17) is 4.74 Å². The minimum atomic E-state index is -0.355. The normalized spacial score (nSPS) is 18.7. The number of rotatable bonds is 7. The van der Waals surface area contributed by atoms with Gasteiger partial charge in [0, 0.05) is 18.3 Å². The first-order chi connectivity index (χ1) is 18.3. The van der Waals surface area contributed by atoms with Crippen LogP contribution in [0.5, 0.6) is 5.75 Å². The van der Waals surface area contributed by atoms with Crippen molar-refractivity contribution in [2.45, 2.75) is 64.6 Å². The molecule has 198 valence electrons. The van der Waals surface area contributed by atoms with Crippen LogP contribution >= 0.6 is 11.3 Å². The lowest BCUT2D eigenvalue weighted by Crippen LogP contribution is -2.52. The number of pyridine rings is 1. The summed E-state index contributed by atoms with van der Waals surface area (Å²) in [5.74, 6) is 0.186. The third-order valence-electron chi connectivity index (χ3n) is 6.83. The van der Waals surface area contributed by atoms with E-state index in [2.05, 4.69) is 27.5 Å². The number of thiophene rings is 1. The van der Waals surface area contributed by atoms with E-state index in [1.165, 1.54) is 17.4 Å². The first kappa shape index (κ1) is 25.7. The van der Waals surface area contributed by atoms with Crippen LogP contribution in [-0.2, 0) is 4.79 Å². The average Bonchev–Trinajstić information content (AvgIpc) is 3.25. The number of nitrogens with zero attached hydrogens (tertiary/aromatic N) is 2. The molecular formula is C28H31N5O4S.